The zero-order valence-electron chi connectivity index (χ0n) is 10.0. The first-order chi connectivity index (χ1) is 8.61. The highest BCUT2D eigenvalue weighted by molar-refractivity contribution is 5.94. The minimum atomic E-state index is -0.602. The third-order valence-electron chi connectivity index (χ3n) is 2.83. The Morgan fingerprint density at radius 2 is 2.33 bits per heavy atom. The van der Waals surface area contributed by atoms with Crippen LogP contribution in [0.2, 0.25) is 0 Å². The second kappa shape index (κ2) is 5.15. The molecule has 5 heteroatoms. The average Bonchev–Trinajstić information content (AvgIpc) is 2.36. The quantitative estimate of drug-likeness (QED) is 0.756. The van der Waals surface area contributed by atoms with E-state index >= 15 is 0 Å². The van der Waals surface area contributed by atoms with Crippen molar-refractivity contribution in [3.8, 4) is 6.07 Å². The summed E-state index contributed by atoms with van der Waals surface area (Å²) in [7, 11) is 0. The summed E-state index contributed by atoms with van der Waals surface area (Å²) in [6.45, 7) is 2.68. The highest BCUT2D eigenvalue weighted by Crippen LogP contribution is 2.15. The van der Waals surface area contributed by atoms with Crippen molar-refractivity contribution in [2.45, 2.75) is 13.0 Å². The highest BCUT2D eigenvalue weighted by atomic mass is 19.1. The van der Waals surface area contributed by atoms with E-state index in [1.807, 2.05) is 6.07 Å². The van der Waals surface area contributed by atoms with Crippen LogP contribution in [0.5, 0.6) is 0 Å². The van der Waals surface area contributed by atoms with Gasteiger partial charge < -0.3 is 9.64 Å². The van der Waals surface area contributed by atoms with Crippen LogP contribution in [0.1, 0.15) is 15.9 Å². The molecule has 0 unspecified atom stereocenters. The van der Waals surface area contributed by atoms with Gasteiger partial charge >= 0.3 is 0 Å². The molecule has 1 heterocycles. The molecule has 0 bridgehead atoms. The van der Waals surface area contributed by atoms with Crippen molar-refractivity contribution in [3.63, 3.8) is 0 Å². The summed E-state index contributed by atoms with van der Waals surface area (Å²) in [5.74, 6) is -0.771. The van der Waals surface area contributed by atoms with Gasteiger partial charge in [-0.2, -0.15) is 5.26 Å². The fraction of sp³-hybridized carbons (Fsp3) is 0.385. The maximum Gasteiger partial charge on any atom is 0.255 e. The van der Waals surface area contributed by atoms with Crippen molar-refractivity contribution >= 4 is 5.91 Å². The van der Waals surface area contributed by atoms with Gasteiger partial charge in [0.05, 0.1) is 19.3 Å². The predicted octanol–water partition coefficient (Wildman–Crippen LogP) is 1.50. The van der Waals surface area contributed by atoms with Crippen LogP contribution in [0.3, 0.4) is 0 Å². The maximum absolute atomic E-state index is 13.3. The van der Waals surface area contributed by atoms with Crippen LogP contribution in [0, 0.1) is 24.1 Å². The Balaban J connectivity index is 2.27. The van der Waals surface area contributed by atoms with Crippen molar-refractivity contribution in [2.75, 3.05) is 19.8 Å². The van der Waals surface area contributed by atoms with E-state index in [-0.39, 0.29) is 18.1 Å². The van der Waals surface area contributed by atoms with E-state index in [9.17, 15) is 9.18 Å². The van der Waals surface area contributed by atoms with Crippen molar-refractivity contribution in [2.24, 2.45) is 0 Å². The molecule has 94 valence electrons. The first kappa shape index (κ1) is 12.5. The standard InChI is InChI=1S/C13H13FN2O2/c1-9-4-10(6-11(14)5-9)13(17)16-2-3-18-8-12(16)7-15/h4-6,12H,2-3,8H2,1H3/t12-/m1/s1. The van der Waals surface area contributed by atoms with Gasteiger partial charge in [0.2, 0.25) is 0 Å². The van der Waals surface area contributed by atoms with E-state index < -0.39 is 11.9 Å². The Morgan fingerprint density at radius 3 is 3.00 bits per heavy atom. The Morgan fingerprint density at radius 1 is 1.56 bits per heavy atom. The molecule has 0 radical (unpaired) electrons. The molecule has 1 aromatic rings. The predicted molar refractivity (Wildman–Crippen MR) is 62.4 cm³/mol. The first-order valence-electron chi connectivity index (χ1n) is 5.67. The summed E-state index contributed by atoms with van der Waals surface area (Å²) >= 11 is 0. The number of hydrogen-bond donors (Lipinski definition) is 0. The molecule has 0 saturated carbocycles. The van der Waals surface area contributed by atoms with Gasteiger partial charge in [0.1, 0.15) is 11.9 Å². The van der Waals surface area contributed by atoms with Crippen LogP contribution in [0.15, 0.2) is 18.2 Å². The fourth-order valence-corrected chi connectivity index (χ4v) is 1.98. The van der Waals surface area contributed by atoms with Crippen molar-refractivity contribution in [3.05, 3.63) is 35.1 Å². The molecule has 1 amide bonds. The minimum Gasteiger partial charge on any atom is -0.376 e. The van der Waals surface area contributed by atoms with E-state index in [1.54, 1.807) is 13.0 Å². The van der Waals surface area contributed by atoms with Crippen molar-refractivity contribution in [1.82, 2.24) is 4.90 Å². The maximum atomic E-state index is 13.3. The molecule has 0 aromatic heterocycles. The van der Waals surface area contributed by atoms with Gasteiger partial charge in [-0.3, -0.25) is 4.79 Å². The molecule has 0 spiro atoms. The molecule has 0 aliphatic carbocycles. The SMILES string of the molecule is Cc1cc(F)cc(C(=O)N2CCOC[C@H]2C#N)c1. The van der Waals surface area contributed by atoms with E-state index in [4.69, 9.17) is 10.00 Å². The molecule has 1 atom stereocenters. The number of ether oxygens (including phenoxy) is 1. The van der Waals surface area contributed by atoms with Crippen LogP contribution < -0.4 is 0 Å². The van der Waals surface area contributed by atoms with Gasteiger partial charge in [-0.15, -0.1) is 0 Å². The second-order valence-corrected chi connectivity index (χ2v) is 4.24. The van der Waals surface area contributed by atoms with Crippen molar-refractivity contribution < 1.29 is 13.9 Å². The lowest BCUT2D eigenvalue weighted by Crippen LogP contribution is -2.48. The summed E-state index contributed by atoms with van der Waals surface area (Å²) in [4.78, 5) is 13.7. The molecule has 0 N–H and O–H groups in total. The van der Waals surface area contributed by atoms with Gasteiger partial charge in [0, 0.05) is 12.1 Å². The summed E-state index contributed by atoms with van der Waals surface area (Å²) in [6.07, 6.45) is 0. The van der Waals surface area contributed by atoms with Crippen LogP contribution in [-0.2, 0) is 4.74 Å². The third kappa shape index (κ3) is 2.49. The average molecular weight is 248 g/mol. The highest BCUT2D eigenvalue weighted by Gasteiger charge is 2.28. The number of halogens is 1. The monoisotopic (exact) mass is 248 g/mol. The molecule has 1 saturated heterocycles. The van der Waals surface area contributed by atoms with Gasteiger partial charge in [-0.1, -0.05) is 0 Å². The molecule has 1 fully saturated rings. The number of rotatable bonds is 1. The summed E-state index contributed by atoms with van der Waals surface area (Å²) in [5.41, 5.74) is 0.953. The minimum absolute atomic E-state index is 0.205. The Labute approximate surface area is 105 Å². The Kier molecular flexibility index (Phi) is 3.58. The summed E-state index contributed by atoms with van der Waals surface area (Å²) < 4.78 is 18.4. The lowest BCUT2D eigenvalue weighted by molar-refractivity contribution is 0.0132. The van der Waals surface area contributed by atoms with Crippen LogP contribution in [-0.4, -0.2) is 36.6 Å². The molecule has 1 aromatic carbocycles. The van der Waals surface area contributed by atoms with E-state index in [0.29, 0.717) is 18.7 Å². The molecule has 4 nitrogen and oxygen atoms in total. The first-order valence-corrected chi connectivity index (χ1v) is 5.67. The molecular weight excluding hydrogens is 235 g/mol. The van der Waals surface area contributed by atoms with Crippen LogP contribution >= 0.6 is 0 Å². The third-order valence-corrected chi connectivity index (χ3v) is 2.83. The number of morpholine rings is 1. The van der Waals surface area contributed by atoms with Crippen LogP contribution in [0.4, 0.5) is 4.39 Å². The number of aryl methyl sites for hydroxylation is 1. The van der Waals surface area contributed by atoms with Gasteiger partial charge in [-0.05, 0) is 30.7 Å². The lowest BCUT2D eigenvalue weighted by atomic mass is 10.1. The fourth-order valence-electron chi connectivity index (χ4n) is 1.98. The number of carbonyl (C=O) groups excluding carboxylic acids is 1. The zero-order valence-corrected chi connectivity index (χ0v) is 10.0. The number of carbonyl (C=O) groups is 1. The smallest absolute Gasteiger partial charge is 0.255 e. The number of amides is 1. The zero-order chi connectivity index (χ0) is 13.1. The number of nitriles is 1. The van der Waals surface area contributed by atoms with E-state index in [0.717, 1.165) is 0 Å². The molecule has 1 aliphatic rings. The van der Waals surface area contributed by atoms with Crippen LogP contribution in [0.25, 0.3) is 0 Å². The molecule has 18 heavy (non-hydrogen) atoms. The normalized spacial score (nSPS) is 19.4. The molecule has 1 aliphatic heterocycles. The van der Waals surface area contributed by atoms with E-state index in [1.165, 1.54) is 17.0 Å². The van der Waals surface area contributed by atoms with E-state index in [2.05, 4.69) is 0 Å². The second-order valence-electron chi connectivity index (χ2n) is 4.24. The van der Waals surface area contributed by atoms with Gasteiger partial charge in [0.15, 0.2) is 0 Å². The number of nitrogens with zero attached hydrogens (tertiary/aromatic N) is 2. The molecule has 2 rings (SSSR count). The number of hydrogen-bond acceptors (Lipinski definition) is 3. The summed E-state index contributed by atoms with van der Waals surface area (Å²) in [6, 6.07) is 5.59. The Bertz CT molecular complexity index is 490. The van der Waals surface area contributed by atoms with Gasteiger partial charge in [0.25, 0.3) is 5.91 Å². The Hall–Kier alpha value is -1.93. The van der Waals surface area contributed by atoms with Gasteiger partial charge in [-0.25, -0.2) is 4.39 Å². The summed E-state index contributed by atoms with van der Waals surface area (Å²) in [5, 5.41) is 8.97. The largest absolute Gasteiger partial charge is 0.376 e. The molecular formula is C13H13FN2O2. The topological polar surface area (TPSA) is 53.3 Å². The lowest BCUT2D eigenvalue weighted by Gasteiger charge is -2.31. The van der Waals surface area contributed by atoms with Crippen molar-refractivity contribution in [1.29, 1.82) is 5.26 Å². The number of benzene rings is 1.